The molecule has 27 heavy (non-hydrogen) atoms. The zero-order valence-electron chi connectivity index (χ0n) is 15.2. The van der Waals surface area contributed by atoms with Crippen LogP contribution in [0.4, 0.5) is 0 Å². The van der Waals surface area contributed by atoms with Crippen molar-refractivity contribution >= 4 is 21.6 Å². The van der Waals surface area contributed by atoms with Crippen molar-refractivity contribution in [2.75, 3.05) is 26.6 Å². The van der Waals surface area contributed by atoms with E-state index in [1.165, 1.54) is 51.5 Å². The Hall–Kier alpha value is -2.87. The average molecular weight is 392 g/mol. The van der Waals surface area contributed by atoms with Crippen molar-refractivity contribution < 1.29 is 32.2 Å². The van der Waals surface area contributed by atoms with Gasteiger partial charge in [0.2, 0.25) is 5.78 Å². The van der Waals surface area contributed by atoms with Gasteiger partial charge in [-0.1, -0.05) is 19.1 Å². The molecule has 0 heterocycles. The summed E-state index contributed by atoms with van der Waals surface area (Å²) >= 11 is 0. The summed E-state index contributed by atoms with van der Waals surface area (Å²) in [6.45, 7) is 0.916. The van der Waals surface area contributed by atoms with Crippen molar-refractivity contribution in [1.82, 2.24) is 0 Å². The Morgan fingerprint density at radius 2 is 1.67 bits per heavy atom. The van der Waals surface area contributed by atoms with Crippen molar-refractivity contribution in [3.05, 3.63) is 53.6 Å². The second kappa shape index (κ2) is 8.68. The number of sulfone groups is 1. The number of methoxy groups -OCH3 is 2. The lowest BCUT2D eigenvalue weighted by atomic mass is 10.1. The molecule has 2 aromatic carbocycles. The molecule has 0 fully saturated rings. The minimum Gasteiger partial charge on any atom is -0.497 e. The average Bonchev–Trinajstić information content (AvgIpc) is 2.71. The number of carbonyl (C=O) groups excluding carboxylic acids is 2. The molecule has 0 spiro atoms. The number of hydrogen-bond acceptors (Lipinski definition) is 7. The molecule has 0 aliphatic rings. The van der Waals surface area contributed by atoms with E-state index in [1.807, 2.05) is 0 Å². The number of ketones is 1. The molecule has 0 bridgehead atoms. The molecule has 2 rings (SSSR count). The van der Waals surface area contributed by atoms with Crippen LogP contribution in [-0.4, -0.2) is 46.7 Å². The number of Topliss-reactive ketones (excluding diaryl/α,β-unsaturated/α-hetero) is 1. The van der Waals surface area contributed by atoms with E-state index < -0.39 is 28.2 Å². The largest absolute Gasteiger partial charge is 0.497 e. The molecule has 0 unspecified atom stereocenters. The molecule has 0 atom stereocenters. The number of esters is 1. The quantitative estimate of drug-likeness (QED) is 0.503. The number of rotatable bonds is 8. The van der Waals surface area contributed by atoms with Crippen LogP contribution in [0.25, 0.3) is 0 Å². The highest BCUT2D eigenvalue weighted by atomic mass is 32.2. The van der Waals surface area contributed by atoms with E-state index in [1.54, 1.807) is 12.1 Å². The molecule has 7 nitrogen and oxygen atoms in total. The summed E-state index contributed by atoms with van der Waals surface area (Å²) in [5.74, 6) is -0.791. The van der Waals surface area contributed by atoms with E-state index >= 15 is 0 Å². The van der Waals surface area contributed by atoms with Gasteiger partial charge in [-0.05, 0) is 30.3 Å². The Morgan fingerprint density at radius 1 is 0.963 bits per heavy atom. The zero-order valence-corrected chi connectivity index (χ0v) is 16.0. The normalized spacial score (nSPS) is 10.9. The summed E-state index contributed by atoms with van der Waals surface area (Å²) in [7, 11) is -0.734. The highest BCUT2D eigenvalue weighted by molar-refractivity contribution is 7.91. The predicted octanol–water partition coefficient (Wildman–Crippen LogP) is 2.54. The maximum Gasteiger partial charge on any atom is 0.339 e. The van der Waals surface area contributed by atoms with Crippen LogP contribution in [0.5, 0.6) is 11.5 Å². The first-order valence-electron chi connectivity index (χ1n) is 8.08. The van der Waals surface area contributed by atoms with E-state index in [9.17, 15) is 18.0 Å². The summed E-state index contributed by atoms with van der Waals surface area (Å²) < 4.78 is 39.5. The van der Waals surface area contributed by atoms with Crippen LogP contribution in [0.1, 0.15) is 27.6 Å². The second-order valence-corrected chi connectivity index (χ2v) is 7.71. The van der Waals surface area contributed by atoms with Gasteiger partial charge in [-0.3, -0.25) is 4.79 Å². The predicted molar refractivity (Wildman–Crippen MR) is 98.3 cm³/mol. The van der Waals surface area contributed by atoms with Crippen LogP contribution in [0.15, 0.2) is 47.4 Å². The third-order valence-corrected chi connectivity index (χ3v) is 5.65. The van der Waals surface area contributed by atoms with Gasteiger partial charge in [0.25, 0.3) is 0 Å². The van der Waals surface area contributed by atoms with E-state index in [2.05, 4.69) is 0 Å². The summed E-state index contributed by atoms with van der Waals surface area (Å²) in [6.07, 6.45) is 0. The van der Waals surface area contributed by atoms with Gasteiger partial charge in [0.05, 0.1) is 36.0 Å². The van der Waals surface area contributed by atoms with Crippen LogP contribution in [0.2, 0.25) is 0 Å². The van der Waals surface area contributed by atoms with Crippen molar-refractivity contribution in [2.24, 2.45) is 0 Å². The van der Waals surface area contributed by atoms with Gasteiger partial charge in [0.15, 0.2) is 16.4 Å². The maximum absolute atomic E-state index is 12.4. The number of carbonyl (C=O) groups is 2. The molecular weight excluding hydrogens is 372 g/mol. The third-order valence-electron chi connectivity index (χ3n) is 3.86. The van der Waals surface area contributed by atoms with Crippen LogP contribution in [0.3, 0.4) is 0 Å². The first kappa shape index (κ1) is 20.4. The van der Waals surface area contributed by atoms with Gasteiger partial charge in [0, 0.05) is 0 Å². The summed E-state index contributed by atoms with van der Waals surface area (Å²) in [4.78, 5) is 24.7. The molecule has 0 saturated heterocycles. The van der Waals surface area contributed by atoms with Gasteiger partial charge in [-0.2, -0.15) is 0 Å². The molecule has 0 aliphatic heterocycles. The van der Waals surface area contributed by atoms with E-state index in [4.69, 9.17) is 14.2 Å². The third kappa shape index (κ3) is 4.65. The van der Waals surface area contributed by atoms with Crippen LogP contribution >= 0.6 is 0 Å². The van der Waals surface area contributed by atoms with Crippen LogP contribution in [-0.2, 0) is 14.6 Å². The van der Waals surface area contributed by atoms with Gasteiger partial charge in [-0.25, -0.2) is 13.2 Å². The second-order valence-electron chi connectivity index (χ2n) is 5.47. The Morgan fingerprint density at radius 3 is 2.30 bits per heavy atom. The molecular formula is C19H20O7S. The van der Waals surface area contributed by atoms with Gasteiger partial charge in [-0.15, -0.1) is 0 Å². The number of ether oxygens (including phenoxy) is 3. The lowest BCUT2D eigenvalue weighted by molar-refractivity contribution is 0.0470. The minimum atomic E-state index is -3.61. The highest BCUT2D eigenvalue weighted by Crippen LogP contribution is 2.25. The lowest BCUT2D eigenvalue weighted by Crippen LogP contribution is -2.18. The fourth-order valence-electron chi connectivity index (χ4n) is 2.38. The van der Waals surface area contributed by atoms with Gasteiger partial charge >= 0.3 is 5.97 Å². The first-order valence-corrected chi connectivity index (χ1v) is 9.73. The lowest BCUT2D eigenvalue weighted by Gasteiger charge is -2.11. The van der Waals surface area contributed by atoms with Crippen molar-refractivity contribution in [1.29, 1.82) is 0 Å². The highest BCUT2D eigenvalue weighted by Gasteiger charge is 2.23. The summed E-state index contributed by atoms with van der Waals surface area (Å²) in [6, 6.07) is 10.4. The Kier molecular flexibility index (Phi) is 6.57. The van der Waals surface area contributed by atoms with E-state index in [0.717, 1.165) is 0 Å². The first-order chi connectivity index (χ1) is 12.8. The number of benzene rings is 2. The Labute approximate surface area is 157 Å². The van der Waals surface area contributed by atoms with Crippen molar-refractivity contribution in [2.45, 2.75) is 11.8 Å². The van der Waals surface area contributed by atoms with Crippen LogP contribution < -0.4 is 9.47 Å². The molecule has 0 aliphatic carbocycles. The summed E-state index contributed by atoms with van der Waals surface area (Å²) in [5.41, 5.74) is 0.0869. The van der Waals surface area contributed by atoms with Gasteiger partial charge < -0.3 is 14.2 Å². The molecule has 0 saturated carbocycles. The monoisotopic (exact) mass is 392 g/mol. The van der Waals surface area contributed by atoms with E-state index in [-0.39, 0.29) is 21.8 Å². The number of hydrogen-bond donors (Lipinski definition) is 0. The van der Waals surface area contributed by atoms with Crippen molar-refractivity contribution in [3.63, 3.8) is 0 Å². The maximum atomic E-state index is 12.4. The fraction of sp³-hybridized carbons (Fsp3) is 0.263. The fourth-order valence-corrected chi connectivity index (χ4v) is 3.46. The van der Waals surface area contributed by atoms with Crippen molar-refractivity contribution in [3.8, 4) is 11.5 Å². The topological polar surface area (TPSA) is 96.0 Å². The standard InChI is InChI=1S/C19H20O7S/c1-4-27(22,23)18-8-6-5-7-14(18)19(21)26-12-16(20)15-11-13(24-2)9-10-17(15)25-3/h5-11H,4,12H2,1-3H3. The Bertz CT molecular complexity index is 948. The summed E-state index contributed by atoms with van der Waals surface area (Å²) in [5, 5.41) is 0. The molecule has 0 aromatic heterocycles. The zero-order chi connectivity index (χ0) is 20.0. The molecule has 8 heteroatoms. The molecule has 0 amide bonds. The molecule has 0 N–H and O–H groups in total. The van der Waals surface area contributed by atoms with Crippen LogP contribution in [0, 0.1) is 0 Å². The Balaban J connectivity index is 2.21. The SMILES string of the molecule is CCS(=O)(=O)c1ccccc1C(=O)OCC(=O)c1cc(OC)ccc1OC. The smallest absolute Gasteiger partial charge is 0.339 e. The molecule has 2 aromatic rings. The molecule has 144 valence electrons. The van der Waals surface area contributed by atoms with E-state index in [0.29, 0.717) is 11.5 Å². The van der Waals surface area contributed by atoms with Gasteiger partial charge in [0.1, 0.15) is 11.5 Å². The molecule has 0 radical (unpaired) electrons. The minimum absolute atomic E-state index is 0.107.